The molecule has 2 rings (SSSR count). The van der Waals surface area contributed by atoms with Crippen molar-refractivity contribution in [1.29, 1.82) is 0 Å². The number of hydrogen-bond acceptors (Lipinski definition) is 3. The zero-order chi connectivity index (χ0) is 13.0. The summed E-state index contributed by atoms with van der Waals surface area (Å²) in [4.78, 5) is 13.1. The number of benzene rings is 1. The Bertz CT molecular complexity index is 405. The lowest BCUT2D eigenvalue weighted by Crippen LogP contribution is -2.50. The van der Waals surface area contributed by atoms with E-state index in [1.54, 1.807) is 0 Å². The van der Waals surface area contributed by atoms with Crippen LogP contribution in [-0.2, 0) is 11.3 Å². The van der Waals surface area contributed by atoms with Gasteiger partial charge in [-0.15, -0.1) is 12.4 Å². The molecular formula is C13H18ClFN2O2. The second-order valence-corrected chi connectivity index (χ2v) is 4.45. The fraction of sp³-hybridized carbons (Fsp3) is 0.462. The first-order chi connectivity index (χ1) is 8.66. The zero-order valence-electron chi connectivity index (χ0n) is 10.5. The van der Waals surface area contributed by atoms with Crippen LogP contribution in [0.2, 0.25) is 0 Å². The van der Waals surface area contributed by atoms with Gasteiger partial charge in [-0.25, -0.2) is 9.18 Å². The van der Waals surface area contributed by atoms with E-state index in [1.165, 1.54) is 4.90 Å². The third kappa shape index (κ3) is 4.36. The first kappa shape index (κ1) is 15.7. The number of ether oxygens (including phenoxy) is 1. The van der Waals surface area contributed by atoms with Crippen molar-refractivity contribution in [2.75, 3.05) is 13.1 Å². The maximum atomic E-state index is 13.4. The maximum absolute atomic E-state index is 13.4. The molecule has 1 aliphatic rings. The van der Waals surface area contributed by atoms with Gasteiger partial charge in [-0.05, 0) is 12.0 Å². The summed E-state index contributed by atoms with van der Waals surface area (Å²) in [6.45, 7) is 0.684. The van der Waals surface area contributed by atoms with Crippen molar-refractivity contribution < 1.29 is 13.9 Å². The van der Waals surface area contributed by atoms with E-state index in [0.717, 1.165) is 5.56 Å². The lowest BCUT2D eigenvalue weighted by Gasteiger charge is -2.32. The van der Waals surface area contributed by atoms with E-state index in [4.69, 9.17) is 10.5 Å². The third-order valence-electron chi connectivity index (χ3n) is 3.06. The summed E-state index contributed by atoms with van der Waals surface area (Å²) in [5.74, 6) is 0. The first-order valence-electron chi connectivity index (χ1n) is 6.02. The van der Waals surface area contributed by atoms with Gasteiger partial charge in [0.15, 0.2) is 0 Å². The summed E-state index contributed by atoms with van der Waals surface area (Å²) in [6, 6.07) is 8.92. The van der Waals surface area contributed by atoms with Gasteiger partial charge in [0, 0.05) is 12.6 Å². The Morgan fingerprint density at radius 2 is 2.11 bits per heavy atom. The monoisotopic (exact) mass is 288 g/mol. The number of alkyl halides is 1. The van der Waals surface area contributed by atoms with Gasteiger partial charge in [-0.1, -0.05) is 30.3 Å². The summed E-state index contributed by atoms with van der Waals surface area (Å²) in [7, 11) is 0. The van der Waals surface area contributed by atoms with Crippen molar-refractivity contribution in [3.05, 3.63) is 35.9 Å². The number of carbonyl (C=O) groups excluding carboxylic acids is 1. The Hall–Kier alpha value is -1.33. The average Bonchev–Trinajstić information content (AvgIpc) is 2.40. The second kappa shape index (κ2) is 7.31. The number of likely N-dealkylation sites (tertiary alicyclic amines) is 1. The van der Waals surface area contributed by atoms with Crippen LogP contribution < -0.4 is 5.73 Å². The maximum Gasteiger partial charge on any atom is 0.410 e. The Kier molecular flexibility index (Phi) is 6.05. The molecule has 0 unspecified atom stereocenters. The predicted molar refractivity (Wildman–Crippen MR) is 72.9 cm³/mol. The molecule has 1 aromatic rings. The number of piperidine rings is 1. The number of rotatable bonds is 2. The van der Waals surface area contributed by atoms with Gasteiger partial charge in [0.1, 0.15) is 12.8 Å². The van der Waals surface area contributed by atoms with E-state index < -0.39 is 18.3 Å². The number of amides is 1. The number of nitrogens with zero attached hydrogens (tertiary/aromatic N) is 1. The number of hydrogen-bond donors (Lipinski definition) is 1. The minimum absolute atomic E-state index is 0. The van der Waals surface area contributed by atoms with Crippen molar-refractivity contribution in [2.45, 2.75) is 25.2 Å². The van der Waals surface area contributed by atoms with Gasteiger partial charge in [-0.2, -0.15) is 0 Å². The highest BCUT2D eigenvalue weighted by Crippen LogP contribution is 2.14. The van der Waals surface area contributed by atoms with E-state index in [-0.39, 0.29) is 25.6 Å². The smallest absolute Gasteiger partial charge is 0.410 e. The van der Waals surface area contributed by atoms with Gasteiger partial charge in [0.2, 0.25) is 0 Å². The van der Waals surface area contributed by atoms with E-state index in [1.807, 2.05) is 30.3 Å². The molecule has 0 aromatic heterocycles. The van der Waals surface area contributed by atoms with Crippen LogP contribution in [0.4, 0.5) is 9.18 Å². The quantitative estimate of drug-likeness (QED) is 0.907. The normalized spacial score (nSPS) is 22.5. The molecule has 6 heteroatoms. The van der Waals surface area contributed by atoms with Gasteiger partial charge >= 0.3 is 6.09 Å². The van der Waals surface area contributed by atoms with Gasteiger partial charge in [0.05, 0.1) is 6.54 Å². The van der Waals surface area contributed by atoms with E-state index in [2.05, 4.69) is 0 Å². The summed E-state index contributed by atoms with van der Waals surface area (Å²) >= 11 is 0. The number of halogens is 2. The van der Waals surface area contributed by atoms with Crippen LogP contribution in [0, 0.1) is 0 Å². The highest BCUT2D eigenvalue weighted by atomic mass is 35.5. The number of nitrogens with two attached hydrogens (primary N) is 1. The summed E-state index contributed by atoms with van der Waals surface area (Å²) in [6.07, 6.45) is -1.17. The molecule has 2 atom stereocenters. The second-order valence-electron chi connectivity index (χ2n) is 4.45. The van der Waals surface area contributed by atoms with Gasteiger partial charge in [0.25, 0.3) is 0 Å². The van der Waals surface area contributed by atoms with Crippen LogP contribution in [0.3, 0.4) is 0 Å². The standard InChI is InChI=1S/C13H17FN2O2.ClH/c14-11-8-16(7-6-12(11)15)13(17)18-9-10-4-2-1-3-5-10;/h1-5,11-12H,6-9,15H2;1H/t11-,12+;/m0./s1. The molecule has 2 N–H and O–H groups in total. The van der Waals surface area contributed by atoms with Crippen LogP contribution in [0.25, 0.3) is 0 Å². The molecule has 4 nitrogen and oxygen atoms in total. The molecule has 1 aliphatic heterocycles. The van der Waals surface area contributed by atoms with E-state index >= 15 is 0 Å². The minimum atomic E-state index is -1.16. The van der Waals surface area contributed by atoms with Crippen molar-refractivity contribution in [2.24, 2.45) is 5.73 Å². The Morgan fingerprint density at radius 1 is 1.42 bits per heavy atom. The molecule has 1 aromatic carbocycles. The highest BCUT2D eigenvalue weighted by molar-refractivity contribution is 5.85. The molecule has 1 amide bonds. The lowest BCUT2D eigenvalue weighted by molar-refractivity contribution is 0.0660. The van der Waals surface area contributed by atoms with Gasteiger partial charge < -0.3 is 15.4 Å². The lowest BCUT2D eigenvalue weighted by atomic mass is 10.1. The van der Waals surface area contributed by atoms with Crippen LogP contribution in [0.15, 0.2) is 30.3 Å². The summed E-state index contributed by atoms with van der Waals surface area (Å²) < 4.78 is 18.5. The summed E-state index contributed by atoms with van der Waals surface area (Å²) in [5, 5.41) is 0. The van der Waals surface area contributed by atoms with E-state index in [0.29, 0.717) is 13.0 Å². The average molecular weight is 289 g/mol. The van der Waals surface area contributed by atoms with Crippen molar-refractivity contribution in [3.8, 4) is 0 Å². The molecule has 0 spiro atoms. The molecule has 1 heterocycles. The molecule has 0 radical (unpaired) electrons. The first-order valence-corrected chi connectivity index (χ1v) is 6.02. The van der Waals surface area contributed by atoms with E-state index in [9.17, 15) is 9.18 Å². The van der Waals surface area contributed by atoms with Crippen LogP contribution in [0.1, 0.15) is 12.0 Å². The molecule has 106 valence electrons. The molecule has 0 saturated carbocycles. The van der Waals surface area contributed by atoms with Gasteiger partial charge in [-0.3, -0.25) is 0 Å². The molecule has 19 heavy (non-hydrogen) atoms. The Morgan fingerprint density at radius 3 is 2.74 bits per heavy atom. The SMILES string of the molecule is Cl.N[C@@H]1CCN(C(=O)OCc2ccccc2)C[C@@H]1F. The highest BCUT2D eigenvalue weighted by Gasteiger charge is 2.29. The van der Waals surface area contributed by atoms with Crippen LogP contribution in [-0.4, -0.2) is 36.3 Å². The molecule has 1 fully saturated rings. The molecular weight excluding hydrogens is 271 g/mol. The van der Waals surface area contributed by atoms with Crippen LogP contribution in [0.5, 0.6) is 0 Å². The third-order valence-corrected chi connectivity index (χ3v) is 3.06. The number of carbonyl (C=O) groups is 1. The van der Waals surface area contributed by atoms with Crippen LogP contribution >= 0.6 is 12.4 Å². The summed E-state index contributed by atoms with van der Waals surface area (Å²) in [5.41, 5.74) is 6.47. The minimum Gasteiger partial charge on any atom is -0.445 e. The topological polar surface area (TPSA) is 55.6 Å². The molecule has 1 saturated heterocycles. The molecule has 0 bridgehead atoms. The van der Waals surface area contributed by atoms with Crippen molar-refractivity contribution in [1.82, 2.24) is 4.90 Å². The van der Waals surface area contributed by atoms with Crippen molar-refractivity contribution >= 4 is 18.5 Å². The largest absolute Gasteiger partial charge is 0.445 e. The molecule has 0 aliphatic carbocycles. The fourth-order valence-corrected chi connectivity index (χ4v) is 1.90. The predicted octanol–water partition coefficient (Wildman–Crippen LogP) is 2.12. The van der Waals surface area contributed by atoms with Crippen molar-refractivity contribution in [3.63, 3.8) is 0 Å². The zero-order valence-corrected chi connectivity index (χ0v) is 11.3. The Labute approximate surface area is 118 Å². The Balaban J connectivity index is 0.00000180. The fourth-order valence-electron chi connectivity index (χ4n) is 1.90.